The van der Waals surface area contributed by atoms with Gasteiger partial charge in [0.2, 0.25) is 11.8 Å². The normalized spacial score (nSPS) is 10.8. The molecule has 0 saturated carbocycles. The van der Waals surface area contributed by atoms with Crippen molar-refractivity contribution in [3.8, 4) is 0 Å². The van der Waals surface area contributed by atoms with Gasteiger partial charge in [-0.2, -0.15) is 0 Å². The highest BCUT2D eigenvalue weighted by Crippen LogP contribution is 2.20. The lowest BCUT2D eigenvalue weighted by Gasteiger charge is -2.18. The molecule has 6 nitrogen and oxygen atoms in total. The van der Waals surface area contributed by atoms with Crippen LogP contribution in [0.4, 0.5) is 11.4 Å². The van der Waals surface area contributed by atoms with Crippen LogP contribution in [0.2, 0.25) is 0 Å². The van der Waals surface area contributed by atoms with Crippen LogP contribution in [0.5, 0.6) is 0 Å². The molecule has 0 bridgehead atoms. The highest BCUT2D eigenvalue weighted by molar-refractivity contribution is 14.1. The van der Waals surface area contributed by atoms with Crippen LogP contribution < -0.4 is 16.0 Å². The first-order valence-corrected chi connectivity index (χ1v) is 9.49. The summed E-state index contributed by atoms with van der Waals surface area (Å²) in [6, 6.07) is 14.0. The van der Waals surface area contributed by atoms with E-state index in [0.29, 0.717) is 16.9 Å². The first-order chi connectivity index (χ1) is 12.7. The van der Waals surface area contributed by atoms with Gasteiger partial charge < -0.3 is 16.0 Å². The highest BCUT2D eigenvalue weighted by atomic mass is 127. The molecule has 27 heavy (non-hydrogen) atoms. The maximum atomic E-state index is 12.1. The minimum Gasteiger partial charge on any atom is -0.343 e. The lowest BCUT2D eigenvalue weighted by molar-refractivity contribution is -0.123. The SMILES string of the molecule is CC(C)(C)C(=O)Nc1cccc(NC(=O)CNC(=O)c2ccccc2I)c1. The van der Waals surface area contributed by atoms with Crippen LogP contribution in [0.1, 0.15) is 31.1 Å². The summed E-state index contributed by atoms with van der Waals surface area (Å²) < 4.78 is 0.815. The molecule has 0 unspecified atom stereocenters. The van der Waals surface area contributed by atoms with Gasteiger partial charge in [0.25, 0.3) is 5.91 Å². The fourth-order valence-corrected chi connectivity index (χ4v) is 2.73. The van der Waals surface area contributed by atoms with Crippen molar-refractivity contribution in [2.24, 2.45) is 5.41 Å². The van der Waals surface area contributed by atoms with E-state index in [0.717, 1.165) is 3.57 Å². The molecule has 0 atom stereocenters. The number of rotatable bonds is 5. The van der Waals surface area contributed by atoms with Gasteiger partial charge in [-0.25, -0.2) is 0 Å². The van der Waals surface area contributed by atoms with Gasteiger partial charge in [-0.15, -0.1) is 0 Å². The van der Waals surface area contributed by atoms with E-state index in [1.807, 2.05) is 32.9 Å². The molecule has 0 aromatic heterocycles. The number of benzene rings is 2. The molecular weight excluding hydrogens is 457 g/mol. The van der Waals surface area contributed by atoms with Crippen LogP contribution in [-0.4, -0.2) is 24.3 Å². The zero-order valence-corrected chi connectivity index (χ0v) is 17.6. The molecule has 2 aromatic carbocycles. The van der Waals surface area contributed by atoms with E-state index in [1.165, 1.54) is 0 Å². The average Bonchev–Trinajstić information content (AvgIpc) is 2.59. The van der Waals surface area contributed by atoms with Crippen LogP contribution in [0.25, 0.3) is 0 Å². The first-order valence-electron chi connectivity index (χ1n) is 8.41. The fraction of sp³-hybridized carbons (Fsp3) is 0.250. The monoisotopic (exact) mass is 479 g/mol. The standard InChI is InChI=1S/C20H22IN3O3/c1-20(2,3)19(27)24-14-8-6-7-13(11-14)23-17(25)12-22-18(26)15-9-4-5-10-16(15)21/h4-11H,12H2,1-3H3,(H,22,26)(H,23,25)(H,24,27). The average molecular weight is 479 g/mol. The molecule has 0 saturated heterocycles. The minimum atomic E-state index is -0.515. The van der Waals surface area contributed by atoms with Crippen molar-refractivity contribution in [2.45, 2.75) is 20.8 Å². The summed E-state index contributed by atoms with van der Waals surface area (Å²) in [6.07, 6.45) is 0. The molecule has 0 aliphatic rings. The predicted molar refractivity (Wildman–Crippen MR) is 115 cm³/mol. The van der Waals surface area contributed by atoms with Gasteiger partial charge in [0.15, 0.2) is 0 Å². The third-order valence-corrected chi connectivity index (χ3v) is 4.55. The van der Waals surface area contributed by atoms with E-state index in [2.05, 4.69) is 38.5 Å². The summed E-state index contributed by atoms with van der Waals surface area (Å²) in [6.45, 7) is 5.32. The third kappa shape index (κ3) is 6.35. The second kappa shape index (κ2) is 8.98. The van der Waals surface area contributed by atoms with Crippen LogP contribution in [0.15, 0.2) is 48.5 Å². The number of anilines is 2. The van der Waals surface area contributed by atoms with Crippen molar-refractivity contribution in [2.75, 3.05) is 17.2 Å². The Morgan fingerprint density at radius 1 is 0.926 bits per heavy atom. The summed E-state index contributed by atoms with van der Waals surface area (Å²) in [5, 5.41) is 8.12. The summed E-state index contributed by atoms with van der Waals surface area (Å²) in [4.78, 5) is 36.3. The van der Waals surface area contributed by atoms with E-state index in [-0.39, 0.29) is 24.3 Å². The lowest BCUT2D eigenvalue weighted by Crippen LogP contribution is -2.33. The number of carbonyl (C=O) groups is 3. The van der Waals surface area contributed by atoms with Crippen LogP contribution in [0.3, 0.4) is 0 Å². The predicted octanol–water partition coefficient (Wildman–Crippen LogP) is 3.64. The smallest absolute Gasteiger partial charge is 0.252 e. The maximum absolute atomic E-state index is 12.1. The topological polar surface area (TPSA) is 87.3 Å². The zero-order chi connectivity index (χ0) is 20.0. The summed E-state index contributed by atoms with van der Waals surface area (Å²) in [5.74, 6) is -0.773. The van der Waals surface area contributed by atoms with Gasteiger partial charge in [-0.05, 0) is 52.9 Å². The van der Waals surface area contributed by atoms with Crippen LogP contribution in [0, 0.1) is 8.99 Å². The number of nitrogens with one attached hydrogen (secondary N) is 3. The Balaban J connectivity index is 1.92. The second-order valence-corrected chi connectivity index (χ2v) is 8.16. The van der Waals surface area contributed by atoms with Crippen molar-refractivity contribution in [3.63, 3.8) is 0 Å². The molecular formula is C20H22IN3O3. The molecule has 0 fully saturated rings. The van der Waals surface area contributed by atoms with Gasteiger partial charge in [0.1, 0.15) is 0 Å². The van der Waals surface area contributed by atoms with Crippen molar-refractivity contribution >= 4 is 51.7 Å². The summed E-state index contributed by atoms with van der Waals surface area (Å²) in [7, 11) is 0. The largest absolute Gasteiger partial charge is 0.343 e. The Morgan fingerprint density at radius 3 is 2.19 bits per heavy atom. The highest BCUT2D eigenvalue weighted by Gasteiger charge is 2.21. The molecule has 142 valence electrons. The molecule has 3 N–H and O–H groups in total. The lowest BCUT2D eigenvalue weighted by atomic mass is 9.95. The molecule has 0 heterocycles. The molecule has 0 aliphatic carbocycles. The zero-order valence-electron chi connectivity index (χ0n) is 15.4. The van der Waals surface area contributed by atoms with Gasteiger partial charge >= 0.3 is 0 Å². The van der Waals surface area contributed by atoms with E-state index in [9.17, 15) is 14.4 Å². The van der Waals surface area contributed by atoms with E-state index in [1.54, 1.807) is 36.4 Å². The number of hydrogen-bond acceptors (Lipinski definition) is 3. The Bertz CT molecular complexity index is 860. The first kappa shape index (κ1) is 20.9. The summed E-state index contributed by atoms with van der Waals surface area (Å²) in [5.41, 5.74) is 1.14. The van der Waals surface area contributed by atoms with Crippen molar-refractivity contribution < 1.29 is 14.4 Å². The van der Waals surface area contributed by atoms with E-state index >= 15 is 0 Å². The van der Waals surface area contributed by atoms with E-state index in [4.69, 9.17) is 0 Å². The number of hydrogen-bond donors (Lipinski definition) is 3. The summed E-state index contributed by atoms with van der Waals surface area (Å²) >= 11 is 2.07. The fourth-order valence-electron chi connectivity index (χ4n) is 2.10. The Labute approximate surface area is 172 Å². The minimum absolute atomic E-state index is 0.115. The number of carbonyl (C=O) groups excluding carboxylic acids is 3. The van der Waals surface area contributed by atoms with E-state index < -0.39 is 5.41 Å². The Morgan fingerprint density at radius 2 is 1.56 bits per heavy atom. The Hall–Kier alpha value is -2.42. The maximum Gasteiger partial charge on any atom is 0.252 e. The van der Waals surface area contributed by atoms with Crippen molar-refractivity contribution in [1.82, 2.24) is 5.32 Å². The van der Waals surface area contributed by atoms with Crippen molar-refractivity contribution in [3.05, 3.63) is 57.7 Å². The van der Waals surface area contributed by atoms with Crippen molar-refractivity contribution in [1.29, 1.82) is 0 Å². The molecule has 7 heteroatoms. The molecule has 0 aliphatic heterocycles. The number of amides is 3. The van der Waals surface area contributed by atoms with Crippen LogP contribution in [-0.2, 0) is 9.59 Å². The van der Waals surface area contributed by atoms with Gasteiger partial charge in [0, 0.05) is 20.4 Å². The molecule has 2 rings (SSSR count). The quantitative estimate of drug-likeness (QED) is 0.573. The van der Waals surface area contributed by atoms with Gasteiger partial charge in [-0.3, -0.25) is 14.4 Å². The molecule has 0 spiro atoms. The second-order valence-electron chi connectivity index (χ2n) is 7.00. The molecule has 0 radical (unpaired) electrons. The Kier molecular flexibility index (Phi) is 6.95. The number of halogens is 1. The molecule has 2 aromatic rings. The third-order valence-electron chi connectivity index (χ3n) is 3.61. The van der Waals surface area contributed by atoms with Gasteiger partial charge in [0.05, 0.1) is 12.1 Å². The van der Waals surface area contributed by atoms with Crippen LogP contribution >= 0.6 is 22.6 Å². The molecule has 3 amide bonds. The van der Waals surface area contributed by atoms with Gasteiger partial charge in [-0.1, -0.05) is 39.0 Å².